The fourth-order valence-corrected chi connectivity index (χ4v) is 5.15. The third-order valence-electron chi connectivity index (χ3n) is 7.19. The van der Waals surface area contributed by atoms with Crippen LogP contribution in [0.15, 0.2) is 48.5 Å². The number of nitrogens with zero attached hydrogens (tertiary/aromatic N) is 3. The minimum Gasteiger partial charge on any atom is -0.445 e. The molecule has 3 fully saturated rings. The zero-order valence-corrected chi connectivity index (χ0v) is 17.9. The van der Waals surface area contributed by atoms with Gasteiger partial charge in [-0.05, 0) is 49.4 Å². The number of carbonyl (C=O) groups is 2. The van der Waals surface area contributed by atoms with Crippen LogP contribution in [-0.4, -0.2) is 46.7 Å². The van der Waals surface area contributed by atoms with Gasteiger partial charge in [0.2, 0.25) is 5.91 Å². The van der Waals surface area contributed by atoms with E-state index in [4.69, 9.17) is 4.74 Å². The summed E-state index contributed by atoms with van der Waals surface area (Å²) >= 11 is 0. The first-order chi connectivity index (χ1) is 15.6. The van der Waals surface area contributed by atoms with Crippen molar-refractivity contribution in [3.63, 3.8) is 0 Å². The van der Waals surface area contributed by atoms with Gasteiger partial charge >= 0.3 is 6.09 Å². The third kappa shape index (κ3) is 3.23. The van der Waals surface area contributed by atoms with Crippen LogP contribution in [0.2, 0.25) is 0 Å². The first kappa shape index (κ1) is 19.3. The summed E-state index contributed by atoms with van der Waals surface area (Å²) < 4.78 is 5.49. The highest BCUT2D eigenvalue weighted by Gasteiger charge is 2.52. The molecule has 1 N–H and O–H groups in total. The maximum absolute atomic E-state index is 13.5. The van der Waals surface area contributed by atoms with Gasteiger partial charge in [-0.3, -0.25) is 9.89 Å². The largest absolute Gasteiger partial charge is 0.445 e. The second kappa shape index (κ2) is 7.36. The maximum atomic E-state index is 13.5. The van der Waals surface area contributed by atoms with E-state index in [1.807, 2.05) is 47.4 Å². The number of anilines is 1. The van der Waals surface area contributed by atoms with E-state index in [2.05, 4.69) is 16.3 Å². The van der Waals surface area contributed by atoms with Crippen molar-refractivity contribution in [3.05, 3.63) is 59.8 Å². The molecular weight excluding hydrogens is 404 g/mol. The van der Waals surface area contributed by atoms with Crippen LogP contribution in [0.25, 0.3) is 10.9 Å². The Hall–Kier alpha value is -3.35. The van der Waals surface area contributed by atoms with E-state index in [0.29, 0.717) is 32.0 Å². The van der Waals surface area contributed by atoms with Crippen LogP contribution in [-0.2, 0) is 16.1 Å². The number of ether oxygens (including phenoxy) is 1. The molecule has 3 aromatic rings. The summed E-state index contributed by atoms with van der Waals surface area (Å²) in [5.74, 6) is 0.688. The van der Waals surface area contributed by atoms with Gasteiger partial charge in [-0.2, -0.15) is 5.10 Å². The van der Waals surface area contributed by atoms with E-state index in [1.165, 1.54) is 18.5 Å². The van der Waals surface area contributed by atoms with Gasteiger partial charge in [-0.1, -0.05) is 30.3 Å². The number of fused-ring (bicyclic) bond motifs is 1. The van der Waals surface area contributed by atoms with Crippen LogP contribution in [0.5, 0.6) is 0 Å². The zero-order valence-electron chi connectivity index (χ0n) is 17.9. The van der Waals surface area contributed by atoms with Gasteiger partial charge in [0.15, 0.2) is 0 Å². The molecule has 1 aliphatic carbocycles. The molecule has 0 bridgehead atoms. The lowest BCUT2D eigenvalue weighted by Crippen LogP contribution is -2.38. The molecule has 2 aliphatic heterocycles. The van der Waals surface area contributed by atoms with Crippen molar-refractivity contribution in [1.29, 1.82) is 0 Å². The van der Waals surface area contributed by atoms with Crippen molar-refractivity contribution < 1.29 is 14.3 Å². The van der Waals surface area contributed by atoms with Crippen LogP contribution in [0, 0.1) is 5.41 Å². The Labute approximate surface area is 186 Å². The number of hydrogen-bond donors (Lipinski definition) is 1. The van der Waals surface area contributed by atoms with E-state index < -0.39 is 5.41 Å². The Morgan fingerprint density at radius 2 is 1.94 bits per heavy atom. The molecule has 32 heavy (non-hydrogen) atoms. The number of aromatic nitrogens is 2. The number of hydrogen-bond acceptors (Lipinski definition) is 4. The molecule has 1 atom stereocenters. The molecule has 3 aliphatic rings. The first-order valence-corrected chi connectivity index (χ1v) is 11.4. The minimum atomic E-state index is -0.504. The SMILES string of the molecule is O=C(OCc1ccccc1)N1CCC2(CCN(c3ccc4n[nH]c(C5CC5)c4c3)C2=O)C1. The van der Waals surface area contributed by atoms with Gasteiger partial charge in [0.05, 0.1) is 10.9 Å². The molecule has 1 unspecified atom stereocenters. The van der Waals surface area contributed by atoms with E-state index in [9.17, 15) is 9.59 Å². The lowest BCUT2D eigenvalue weighted by atomic mass is 9.85. The number of nitrogens with one attached hydrogen (secondary N) is 1. The first-order valence-electron chi connectivity index (χ1n) is 11.4. The summed E-state index contributed by atoms with van der Waals surface area (Å²) in [6, 6.07) is 15.7. The molecule has 7 heteroatoms. The molecule has 1 spiro atoms. The van der Waals surface area contributed by atoms with Crippen molar-refractivity contribution in [2.24, 2.45) is 5.41 Å². The summed E-state index contributed by atoms with van der Waals surface area (Å²) in [7, 11) is 0. The standard InChI is InChI=1S/C25H26N4O3/c30-23-25(10-12-28(16-25)24(31)32-15-17-4-2-1-3-5-17)11-13-29(23)19-8-9-21-20(14-19)22(27-26-21)18-6-7-18/h1-5,8-9,14,18H,6-7,10-13,15-16H2,(H,26,27). The van der Waals surface area contributed by atoms with Crippen molar-refractivity contribution in [2.75, 3.05) is 24.5 Å². The summed E-state index contributed by atoms with van der Waals surface area (Å²) in [6.07, 6.45) is 3.50. The van der Waals surface area contributed by atoms with Crippen LogP contribution < -0.4 is 4.90 Å². The molecule has 2 aromatic carbocycles. The molecule has 3 heterocycles. The average Bonchev–Trinajstić information content (AvgIpc) is 3.30. The van der Waals surface area contributed by atoms with E-state index >= 15 is 0 Å². The molecule has 2 saturated heterocycles. The average molecular weight is 431 g/mol. The van der Waals surface area contributed by atoms with Gasteiger partial charge < -0.3 is 14.5 Å². The fraction of sp³-hybridized carbons (Fsp3) is 0.400. The quantitative estimate of drug-likeness (QED) is 0.673. The van der Waals surface area contributed by atoms with E-state index in [0.717, 1.165) is 28.6 Å². The molecule has 164 valence electrons. The highest BCUT2D eigenvalue weighted by Crippen LogP contribution is 2.45. The fourth-order valence-electron chi connectivity index (χ4n) is 5.15. The minimum absolute atomic E-state index is 0.117. The molecule has 7 nitrogen and oxygen atoms in total. The second-order valence-corrected chi connectivity index (χ2v) is 9.31. The van der Waals surface area contributed by atoms with E-state index in [1.54, 1.807) is 4.90 Å². The normalized spacial score (nSPS) is 22.9. The molecule has 1 aromatic heterocycles. The number of aromatic amines is 1. The highest BCUT2D eigenvalue weighted by atomic mass is 16.6. The molecule has 2 amide bonds. The predicted molar refractivity (Wildman–Crippen MR) is 120 cm³/mol. The highest BCUT2D eigenvalue weighted by molar-refractivity contribution is 6.02. The van der Waals surface area contributed by atoms with Gasteiger partial charge in [-0.15, -0.1) is 0 Å². The molecule has 6 rings (SSSR count). The van der Waals surface area contributed by atoms with Gasteiger partial charge in [-0.25, -0.2) is 4.79 Å². The molecule has 1 saturated carbocycles. The topological polar surface area (TPSA) is 78.5 Å². The van der Waals surface area contributed by atoms with Crippen molar-refractivity contribution in [3.8, 4) is 0 Å². The van der Waals surface area contributed by atoms with Crippen molar-refractivity contribution in [2.45, 2.75) is 38.2 Å². The van der Waals surface area contributed by atoms with Crippen LogP contribution in [0.3, 0.4) is 0 Å². The lowest BCUT2D eigenvalue weighted by Gasteiger charge is -2.23. The Bertz CT molecular complexity index is 1190. The predicted octanol–water partition coefficient (Wildman–Crippen LogP) is 4.21. The van der Waals surface area contributed by atoms with Crippen molar-refractivity contribution >= 4 is 28.6 Å². The third-order valence-corrected chi connectivity index (χ3v) is 7.19. The Balaban J connectivity index is 1.15. The number of likely N-dealkylation sites (tertiary alicyclic amines) is 1. The van der Waals surface area contributed by atoms with Crippen LogP contribution in [0.1, 0.15) is 42.9 Å². The summed E-state index contributed by atoms with van der Waals surface area (Å²) in [6.45, 7) is 1.90. The zero-order chi connectivity index (χ0) is 21.7. The summed E-state index contributed by atoms with van der Waals surface area (Å²) in [5.41, 5.74) is 3.52. The van der Waals surface area contributed by atoms with Crippen LogP contribution in [0.4, 0.5) is 10.5 Å². The number of amides is 2. The Kier molecular flexibility index (Phi) is 4.45. The molecular formula is C25H26N4O3. The summed E-state index contributed by atoms with van der Waals surface area (Å²) in [4.78, 5) is 29.7. The lowest BCUT2D eigenvalue weighted by molar-refractivity contribution is -0.124. The number of H-pyrrole nitrogens is 1. The Morgan fingerprint density at radius 3 is 2.75 bits per heavy atom. The van der Waals surface area contributed by atoms with Crippen molar-refractivity contribution in [1.82, 2.24) is 15.1 Å². The summed E-state index contributed by atoms with van der Waals surface area (Å²) in [5, 5.41) is 8.73. The van der Waals surface area contributed by atoms with Gasteiger partial charge in [0.1, 0.15) is 6.61 Å². The van der Waals surface area contributed by atoms with Gasteiger partial charge in [0, 0.05) is 42.3 Å². The number of carbonyl (C=O) groups excluding carboxylic acids is 2. The van der Waals surface area contributed by atoms with Gasteiger partial charge in [0.25, 0.3) is 0 Å². The number of benzene rings is 2. The second-order valence-electron chi connectivity index (χ2n) is 9.31. The smallest absolute Gasteiger partial charge is 0.410 e. The van der Waals surface area contributed by atoms with E-state index in [-0.39, 0.29) is 18.6 Å². The van der Waals surface area contributed by atoms with Crippen LogP contribution >= 0.6 is 0 Å². The maximum Gasteiger partial charge on any atom is 0.410 e. The molecule has 0 radical (unpaired) electrons. The number of rotatable bonds is 4. The monoisotopic (exact) mass is 430 g/mol. The Morgan fingerprint density at radius 1 is 1.12 bits per heavy atom.